The minimum Gasteiger partial charge on any atom is -0.506 e. The molecule has 0 radical (unpaired) electrons. The van der Waals surface area contributed by atoms with E-state index < -0.39 is 0 Å². The standard InChI is InChI=1S/C22H20Br2O3/c23-16-11-14(12-17(24)22(16)26)21(25)20-15-8-4-5-9-18(15)27-19(20)10-13-6-2-1-3-7-13/h4-5,8-9,11-13,26H,1-3,6-7,10H2. The van der Waals surface area contributed by atoms with Gasteiger partial charge in [0, 0.05) is 17.4 Å². The Labute approximate surface area is 175 Å². The maximum Gasteiger partial charge on any atom is 0.197 e. The second-order valence-corrected chi connectivity index (χ2v) is 8.93. The summed E-state index contributed by atoms with van der Waals surface area (Å²) in [5.41, 5.74) is 1.92. The van der Waals surface area contributed by atoms with E-state index in [0.29, 0.717) is 26.0 Å². The Hall–Kier alpha value is -1.59. The van der Waals surface area contributed by atoms with Crippen LogP contribution in [0.25, 0.3) is 11.0 Å². The number of hydrogen-bond acceptors (Lipinski definition) is 3. The van der Waals surface area contributed by atoms with Crippen molar-refractivity contribution in [3.8, 4) is 5.75 Å². The molecule has 3 aromatic rings. The van der Waals surface area contributed by atoms with Gasteiger partial charge < -0.3 is 9.52 Å². The summed E-state index contributed by atoms with van der Waals surface area (Å²) >= 11 is 6.64. The first-order valence-electron chi connectivity index (χ1n) is 9.27. The topological polar surface area (TPSA) is 50.4 Å². The molecule has 27 heavy (non-hydrogen) atoms. The Bertz CT molecular complexity index is 977. The van der Waals surface area contributed by atoms with E-state index in [2.05, 4.69) is 31.9 Å². The molecule has 0 atom stereocenters. The van der Waals surface area contributed by atoms with Gasteiger partial charge in [0.25, 0.3) is 0 Å². The van der Waals surface area contributed by atoms with Crippen molar-refractivity contribution < 1.29 is 14.3 Å². The second kappa shape index (κ2) is 7.80. The fraction of sp³-hybridized carbons (Fsp3) is 0.318. The predicted octanol–water partition coefficient (Wildman–Crippen LogP) is 7.02. The lowest BCUT2D eigenvalue weighted by Crippen LogP contribution is -2.12. The molecule has 140 valence electrons. The molecule has 2 aromatic carbocycles. The van der Waals surface area contributed by atoms with Crippen molar-refractivity contribution in [1.82, 2.24) is 0 Å². The number of furan rings is 1. The minimum atomic E-state index is -0.0767. The average Bonchev–Trinajstić information content (AvgIpc) is 3.03. The van der Waals surface area contributed by atoms with Gasteiger partial charge in [-0.25, -0.2) is 0 Å². The summed E-state index contributed by atoms with van der Waals surface area (Å²) in [7, 11) is 0. The van der Waals surface area contributed by atoms with Crippen LogP contribution in [0.3, 0.4) is 0 Å². The van der Waals surface area contributed by atoms with E-state index in [9.17, 15) is 9.90 Å². The van der Waals surface area contributed by atoms with Crippen molar-refractivity contribution in [2.24, 2.45) is 5.92 Å². The van der Waals surface area contributed by atoms with E-state index in [1.54, 1.807) is 12.1 Å². The van der Waals surface area contributed by atoms with Crippen LogP contribution in [0.5, 0.6) is 5.75 Å². The van der Waals surface area contributed by atoms with Crippen LogP contribution < -0.4 is 0 Å². The third kappa shape index (κ3) is 3.72. The quantitative estimate of drug-likeness (QED) is 0.399. The van der Waals surface area contributed by atoms with E-state index in [1.807, 2.05) is 24.3 Å². The maximum absolute atomic E-state index is 13.4. The highest BCUT2D eigenvalue weighted by Crippen LogP contribution is 2.37. The average molecular weight is 492 g/mol. The van der Waals surface area contributed by atoms with Gasteiger partial charge in [0.05, 0.1) is 14.5 Å². The number of aromatic hydroxyl groups is 1. The number of ketones is 1. The summed E-state index contributed by atoms with van der Waals surface area (Å²) in [6.07, 6.45) is 7.01. The normalized spacial score (nSPS) is 15.3. The SMILES string of the molecule is O=C(c1cc(Br)c(O)c(Br)c1)c1c(CC2CCCCC2)oc2ccccc12. The lowest BCUT2D eigenvalue weighted by molar-refractivity contribution is 0.103. The number of phenols is 1. The molecule has 1 heterocycles. The van der Waals surface area contributed by atoms with E-state index in [1.165, 1.54) is 32.1 Å². The number of para-hydroxylation sites is 1. The molecule has 1 aliphatic carbocycles. The Balaban J connectivity index is 1.79. The molecule has 0 aliphatic heterocycles. The molecule has 1 fully saturated rings. The van der Waals surface area contributed by atoms with Crippen molar-refractivity contribution in [1.29, 1.82) is 0 Å². The Morgan fingerprint density at radius 2 is 1.74 bits per heavy atom. The summed E-state index contributed by atoms with van der Waals surface area (Å²) in [5, 5.41) is 10.8. The zero-order valence-corrected chi connectivity index (χ0v) is 18.0. The molecule has 4 rings (SSSR count). The molecule has 0 amide bonds. The Kier molecular flexibility index (Phi) is 5.42. The monoisotopic (exact) mass is 490 g/mol. The molecule has 0 spiro atoms. The smallest absolute Gasteiger partial charge is 0.197 e. The van der Waals surface area contributed by atoms with Crippen LogP contribution in [0, 0.1) is 5.92 Å². The van der Waals surface area contributed by atoms with Crippen LogP contribution in [-0.4, -0.2) is 10.9 Å². The predicted molar refractivity (Wildman–Crippen MR) is 113 cm³/mol. The summed E-state index contributed by atoms with van der Waals surface area (Å²) in [6, 6.07) is 11.0. The molecule has 1 aliphatic rings. The van der Waals surface area contributed by atoms with Gasteiger partial charge in [0.2, 0.25) is 0 Å². The van der Waals surface area contributed by atoms with Crippen LogP contribution in [0.1, 0.15) is 53.8 Å². The fourth-order valence-corrected chi connectivity index (χ4v) is 5.17. The highest BCUT2D eigenvalue weighted by molar-refractivity contribution is 9.11. The van der Waals surface area contributed by atoms with E-state index >= 15 is 0 Å². The zero-order chi connectivity index (χ0) is 19.0. The molecule has 3 nitrogen and oxygen atoms in total. The third-order valence-corrected chi connectivity index (χ3v) is 6.58. The number of carbonyl (C=O) groups excluding carboxylic acids is 1. The lowest BCUT2D eigenvalue weighted by Gasteiger charge is -2.20. The van der Waals surface area contributed by atoms with Crippen LogP contribution in [0.2, 0.25) is 0 Å². The first-order chi connectivity index (χ1) is 13.0. The molecule has 0 unspecified atom stereocenters. The van der Waals surface area contributed by atoms with Gasteiger partial charge in [0.1, 0.15) is 17.1 Å². The van der Waals surface area contributed by atoms with Gasteiger partial charge in [-0.05, 0) is 56.0 Å². The molecule has 1 saturated carbocycles. The van der Waals surface area contributed by atoms with Crippen molar-refractivity contribution in [3.05, 3.63) is 62.2 Å². The van der Waals surface area contributed by atoms with Gasteiger partial charge in [-0.3, -0.25) is 4.79 Å². The van der Waals surface area contributed by atoms with Crippen molar-refractivity contribution in [2.75, 3.05) is 0 Å². The van der Waals surface area contributed by atoms with Gasteiger partial charge in [-0.2, -0.15) is 0 Å². The summed E-state index contributed by atoms with van der Waals surface area (Å²) < 4.78 is 7.11. The van der Waals surface area contributed by atoms with Gasteiger partial charge in [-0.15, -0.1) is 0 Å². The number of halogens is 2. The Morgan fingerprint density at radius 1 is 1.07 bits per heavy atom. The van der Waals surface area contributed by atoms with Crippen LogP contribution in [0.4, 0.5) is 0 Å². The molecular formula is C22H20Br2O3. The maximum atomic E-state index is 13.4. The molecule has 0 saturated heterocycles. The Morgan fingerprint density at radius 3 is 2.44 bits per heavy atom. The molecule has 1 aromatic heterocycles. The first-order valence-corrected chi connectivity index (χ1v) is 10.9. The highest BCUT2D eigenvalue weighted by atomic mass is 79.9. The summed E-state index contributed by atoms with van der Waals surface area (Å²) in [6.45, 7) is 0. The van der Waals surface area contributed by atoms with Crippen LogP contribution in [0.15, 0.2) is 49.8 Å². The highest BCUT2D eigenvalue weighted by Gasteiger charge is 2.25. The number of carbonyl (C=O) groups is 1. The lowest BCUT2D eigenvalue weighted by atomic mass is 9.85. The fourth-order valence-electron chi connectivity index (χ4n) is 3.98. The van der Waals surface area contributed by atoms with Gasteiger partial charge in [-0.1, -0.05) is 50.3 Å². The number of hydrogen-bond donors (Lipinski definition) is 1. The van der Waals surface area contributed by atoms with E-state index in [4.69, 9.17) is 4.42 Å². The van der Waals surface area contributed by atoms with Gasteiger partial charge in [0.15, 0.2) is 5.78 Å². The molecule has 0 bridgehead atoms. The zero-order valence-electron chi connectivity index (χ0n) is 14.8. The molecule has 1 N–H and O–H groups in total. The van der Waals surface area contributed by atoms with E-state index in [-0.39, 0.29) is 11.5 Å². The third-order valence-electron chi connectivity index (χ3n) is 5.37. The number of phenolic OH excluding ortho intramolecular Hbond substituents is 1. The first kappa shape index (κ1) is 18.8. The largest absolute Gasteiger partial charge is 0.506 e. The van der Waals surface area contributed by atoms with Crippen molar-refractivity contribution >= 4 is 48.6 Å². The number of rotatable bonds is 4. The van der Waals surface area contributed by atoms with Crippen molar-refractivity contribution in [2.45, 2.75) is 38.5 Å². The minimum absolute atomic E-state index is 0.0767. The second-order valence-electron chi connectivity index (χ2n) is 7.22. The van der Waals surface area contributed by atoms with Crippen LogP contribution in [-0.2, 0) is 6.42 Å². The van der Waals surface area contributed by atoms with Gasteiger partial charge >= 0.3 is 0 Å². The summed E-state index contributed by atoms with van der Waals surface area (Å²) in [4.78, 5) is 13.4. The van der Waals surface area contributed by atoms with E-state index in [0.717, 1.165) is 23.2 Å². The molecular weight excluding hydrogens is 472 g/mol. The van der Waals surface area contributed by atoms with Crippen molar-refractivity contribution in [3.63, 3.8) is 0 Å². The van der Waals surface area contributed by atoms with Crippen LogP contribution >= 0.6 is 31.9 Å². The summed E-state index contributed by atoms with van der Waals surface area (Å²) in [5.74, 6) is 1.37. The number of fused-ring (bicyclic) bond motifs is 1. The number of benzene rings is 2. The molecule has 5 heteroatoms.